The van der Waals surface area contributed by atoms with Crippen LogP contribution in [0.15, 0.2) is 54.6 Å². The third-order valence-corrected chi connectivity index (χ3v) is 3.20. The molecule has 0 bridgehead atoms. The van der Waals surface area contributed by atoms with E-state index in [0.29, 0.717) is 12.2 Å². The molecule has 2 rings (SSSR count). The molecule has 21 heavy (non-hydrogen) atoms. The highest BCUT2D eigenvalue weighted by Gasteiger charge is 2.19. The number of carbonyl (C=O) groups is 1. The van der Waals surface area contributed by atoms with Crippen LogP contribution >= 0.6 is 0 Å². The first-order valence-electron chi connectivity index (χ1n) is 6.74. The van der Waals surface area contributed by atoms with Gasteiger partial charge in [-0.1, -0.05) is 48.5 Å². The second kappa shape index (κ2) is 7.55. The maximum atomic E-state index is 13.6. The van der Waals surface area contributed by atoms with Gasteiger partial charge in [-0.15, -0.1) is 0 Å². The molecule has 0 aliphatic carbocycles. The summed E-state index contributed by atoms with van der Waals surface area (Å²) >= 11 is 0. The van der Waals surface area contributed by atoms with Gasteiger partial charge in [-0.05, 0) is 23.6 Å². The van der Waals surface area contributed by atoms with Crippen molar-refractivity contribution in [1.29, 1.82) is 0 Å². The molecule has 0 saturated carbocycles. The van der Waals surface area contributed by atoms with Gasteiger partial charge in [0.2, 0.25) is 0 Å². The molecule has 2 aromatic rings. The summed E-state index contributed by atoms with van der Waals surface area (Å²) in [5, 5.41) is 9.22. The van der Waals surface area contributed by atoms with Crippen LogP contribution in [0, 0.1) is 11.7 Å². The first-order chi connectivity index (χ1) is 10.2. The Bertz CT molecular complexity index is 584. The quantitative estimate of drug-likeness (QED) is 0.850. The number of rotatable bonds is 7. The molecule has 1 unspecified atom stereocenters. The van der Waals surface area contributed by atoms with Gasteiger partial charge in [0.1, 0.15) is 5.82 Å². The standard InChI is InChI=1S/C17H17FO3/c18-16-9-5-4-8-14(16)10-15(17(19)20)12-21-11-13-6-2-1-3-7-13/h1-9,15H,10-12H2,(H,19,20). The predicted octanol–water partition coefficient (Wildman–Crippen LogP) is 3.29. The Morgan fingerprint density at radius 2 is 1.76 bits per heavy atom. The van der Waals surface area contributed by atoms with E-state index in [-0.39, 0.29) is 18.8 Å². The number of aliphatic carboxylic acids is 1. The first kappa shape index (κ1) is 15.2. The van der Waals surface area contributed by atoms with Crippen molar-refractivity contribution in [3.8, 4) is 0 Å². The zero-order valence-corrected chi connectivity index (χ0v) is 11.5. The first-order valence-corrected chi connectivity index (χ1v) is 6.74. The van der Waals surface area contributed by atoms with Crippen LogP contribution in [0.1, 0.15) is 11.1 Å². The molecule has 0 aromatic heterocycles. The van der Waals surface area contributed by atoms with Crippen molar-refractivity contribution >= 4 is 5.97 Å². The molecule has 0 aliphatic rings. The molecule has 0 amide bonds. The van der Waals surface area contributed by atoms with E-state index in [1.54, 1.807) is 18.2 Å². The molecule has 0 saturated heterocycles. The van der Waals surface area contributed by atoms with Gasteiger partial charge in [-0.2, -0.15) is 0 Å². The highest BCUT2D eigenvalue weighted by atomic mass is 19.1. The lowest BCUT2D eigenvalue weighted by Gasteiger charge is -2.13. The van der Waals surface area contributed by atoms with E-state index in [0.717, 1.165) is 5.56 Å². The van der Waals surface area contributed by atoms with Crippen LogP contribution < -0.4 is 0 Å². The summed E-state index contributed by atoms with van der Waals surface area (Å²) in [7, 11) is 0. The Labute approximate surface area is 123 Å². The van der Waals surface area contributed by atoms with E-state index < -0.39 is 11.9 Å². The lowest BCUT2D eigenvalue weighted by atomic mass is 10.00. The maximum absolute atomic E-state index is 13.6. The molecule has 1 N–H and O–H groups in total. The van der Waals surface area contributed by atoms with Crippen LogP contribution in [0.2, 0.25) is 0 Å². The molecular weight excluding hydrogens is 271 g/mol. The van der Waals surface area contributed by atoms with Gasteiger partial charge in [0.15, 0.2) is 0 Å². The zero-order chi connectivity index (χ0) is 15.1. The van der Waals surface area contributed by atoms with Gasteiger partial charge in [-0.25, -0.2) is 4.39 Å². The number of carboxylic acid groups (broad SMARTS) is 1. The van der Waals surface area contributed by atoms with Gasteiger partial charge in [0.05, 0.1) is 19.1 Å². The Morgan fingerprint density at radius 3 is 2.43 bits per heavy atom. The van der Waals surface area contributed by atoms with Crippen molar-refractivity contribution in [2.75, 3.05) is 6.61 Å². The SMILES string of the molecule is O=C(O)C(COCc1ccccc1)Cc1ccccc1F. The summed E-state index contributed by atoms with van der Waals surface area (Å²) in [5.41, 5.74) is 1.38. The summed E-state index contributed by atoms with van der Waals surface area (Å²) in [5.74, 6) is -2.12. The number of hydrogen-bond acceptors (Lipinski definition) is 2. The molecule has 0 heterocycles. The fourth-order valence-corrected chi connectivity index (χ4v) is 2.04. The summed E-state index contributed by atoms with van der Waals surface area (Å²) in [4.78, 5) is 11.3. The van der Waals surface area contributed by atoms with Crippen molar-refractivity contribution in [3.05, 3.63) is 71.5 Å². The molecule has 110 valence electrons. The van der Waals surface area contributed by atoms with Crippen molar-refractivity contribution in [3.63, 3.8) is 0 Å². The molecular formula is C17H17FO3. The minimum atomic E-state index is -0.980. The normalized spacial score (nSPS) is 12.0. The van der Waals surface area contributed by atoms with Crippen molar-refractivity contribution in [1.82, 2.24) is 0 Å². The number of benzene rings is 2. The van der Waals surface area contributed by atoms with Crippen LogP contribution in [0.25, 0.3) is 0 Å². The van der Waals surface area contributed by atoms with Gasteiger partial charge < -0.3 is 9.84 Å². The minimum Gasteiger partial charge on any atom is -0.481 e. The Kier molecular flexibility index (Phi) is 5.46. The van der Waals surface area contributed by atoms with E-state index in [2.05, 4.69) is 0 Å². The smallest absolute Gasteiger partial charge is 0.309 e. The minimum absolute atomic E-state index is 0.0541. The highest BCUT2D eigenvalue weighted by molar-refractivity contribution is 5.70. The van der Waals surface area contributed by atoms with E-state index in [1.807, 2.05) is 30.3 Å². The van der Waals surface area contributed by atoms with Gasteiger partial charge in [-0.3, -0.25) is 4.79 Å². The third kappa shape index (κ3) is 4.68. The van der Waals surface area contributed by atoms with Crippen LogP contribution in [-0.4, -0.2) is 17.7 Å². The van der Waals surface area contributed by atoms with Crippen molar-refractivity contribution in [2.45, 2.75) is 13.0 Å². The largest absolute Gasteiger partial charge is 0.481 e. The number of ether oxygens (including phenoxy) is 1. The maximum Gasteiger partial charge on any atom is 0.309 e. The Hall–Kier alpha value is -2.20. The third-order valence-electron chi connectivity index (χ3n) is 3.20. The number of hydrogen-bond donors (Lipinski definition) is 1. The molecule has 2 aromatic carbocycles. The average Bonchev–Trinajstić information content (AvgIpc) is 2.49. The van der Waals surface area contributed by atoms with Gasteiger partial charge >= 0.3 is 5.97 Å². The highest BCUT2D eigenvalue weighted by Crippen LogP contribution is 2.14. The van der Waals surface area contributed by atoms with E-state index in [4.69, 9.17) is 4.74 Å². The van der Waals surface area contributed by atoms with Crippen LogP contribution in [-0.2, 0) is 22.6 Å². The second-order valence-electron chi connectivity index (χ2n) is 4.83. The van der Waals surface area contributed by atoms with Crippen molar-refractivity contribution in [2.24, 2.45) is 5.92 Å². The summed E-state index contributed by atoms with van der Waals surface area (Å²) < 4.78 is 19.0. The lowest BCUT2D eigenvalue weighted by Crippen LogP contribution is -2.22. The summed E-state index contributed by atoms with van der Waals surface area (Å²) in [6.07, 6.45) is 0.122. The molecule has 0 spiro atoms. The van der Waals surface area contributed by atoms with Crippen molar-refractivity contribution < 1.29 is 19.0 Å². The fourth-order valence-electron chi connectivity index (χ4n) is 2.04. The molecule has 4 heteroatoms. The molecule has 3 nitrogen and oxygen atoms in total. The molecule has 0 radical (unpaired) electrons. The van der Waals surface area contributed by atoms with Crippen LogP contribution in [0.4, 0.5) is 4.39 Å². The zero-order valence-electron chi connectivity index (χ0n) is 11.5. The Balaban J connectivity index is 1.91. The number of halogens is 1. The predicted molar refractivity (Wildman–Crippen MR) is 77.3 cm³/mol. The summed E-state index contributed by atoms with van der Waals surface area (Å²) in [6.45, 7) is 0.403. The molecule has 1 atom stereocenters. The van der Waals surface area contributed by atoms with Crippen LogP contribution in [0.5, 0.6) is 0 Å². The number of carboxylic acids is 1. The van der Waals surface area contributed by atoms with E-state index >= 15 is 0 Å². The van der Waals surface area contributed by atoms with Gasteiger partial charge in [0.25, 0.3) is 0 Å². The lowest BCUT2D eigenvalue weighted by molar-refractivity contribution is -0.144. The molecule has 0 aliphatic heterocycles. The van der Waals surface area contributed by atoms with Gasteiger partial charge in [0, 0.05) is 0 Å². The van der Waals surface area contributed by atoms with E-state index in [9.17, 15) is 14.3 Å². The van der Waals surface area contributed by atoms with E-state index in [1.165, 1.54) is 6.07 Å². The average molecular weight is 288 g/mol. The fraction of sp³-hybridized carbons (Fsp3) is 0.235. The molecule has 0 fully saturated rings. The Morgan fingerprint density at radius 1 is 1.10 bits per heavy atom. The second-order valence-corrected chi connectivity index (χ2v) is 4.83. The topological polar surface area (TPSA) is 46.5 Å². The summed E-state index contributed by atoms with van der Waals surface area (Å²) in [6, 6.07) is 15.7. The monoisotopic (exact) mass is 288 g/mol. The van der Waals surface area contributed by atoms with Crippen LogP contribution in [0.3, 0.4) is 0 Å².